The molecule has 1 atom stereocenters. The van der Waals surface area contributed by atoms with Gasteiger partial charge in [-0.1, -0.05) is 72.7 Å². The number of piperidine rings is 1. The zero-order valence-electron chi connectivity index (χ0n) is 16.5. The molecule has 4 rings (SSSR count). The van der Waals surface area contributed by atoms with E-state index in [-0.39, 0.29) is 5.92 Å². The molecule has 2 aliphatic heterocycles. The predicted molar refractivity (Wildman–Crippen MR) is 126 cm³/mol. The quantitative estimate of drug-likeness (QED) is 0.698. The van der Waals surface area contributed by atoms with Gasteiger partial charge in [-0.15, -0.1) is 0 Å². The van der Waals surface area contributed by atoms with E-state index in [1.165, 1.54) is 4.41 Å². The van der Waals surface area contributed by atoms with E-state index >= 15 is 0 Å². The number of nitrogens with zero attached hydrogens (tertiary/aromatic N) is 3. The highest BCUT2D eigenvalue weighted by Gasteiger charge is 2.38. The molecule has 1 unspecified atom stereocenters. The molecule has 0 aromatic heterocycles. The van der Waals surface area contributed by atoms with Gasteiger partial charge in [-0.25, -0.2) is 0 Å². The van der Waals surface area contributed by atoms with Crippen molar-refractivity contribution < 1.29 is 8.42 Å². The van der Waals surface area contributed by atoms with E-state index in [1.54, 1.807) is 4.31 Å². The molecule has 0 spiro atoms. The van der Waals surface area contributed by atoms with E-state index in [4.69, 9.17) is 11.6 Å². The molecular weight excluding hydrogens is 440 g/mol. The summed E-state index contributed by atoms with van der Waals surface area (Å²) in [5, 5.41) is 5.21. The van der Waals surface area contributed by atoms with Crippen LogP contribution in [0.2, 0.25) is 5.02 Å². The fourth-order valence-corrected chi connectivity index (χ4v) is 5.32. The summed E-state index contributed by atoms with van der Waals surface area (Å²) in [7, 11) is -3.60. The maximum atomic E-state index is 13.1. The van der Waals surface area contributed by atoms with Crippen LogP contribution in [0.5, 0.6) is 0 Å². The Kier molecular flexibility index (Phi) is 7.82. The summed E-state index contributed by atoms with van der Waals surface area (Å²) in [5.41, 5.74) is 8.33. The van der Waals surface area contributed by atoms with Gasteiger partial charge in [0, 0.05) is 24.0 Å². The fourth-order valence-electron chi connectivity index (χ4n) is 3.68. The number of nitrogens with two attached hydrogens (primary N) is 1. The maximum Gasteiger partial charge on any atom is 0.318 e. The molecule has 0 saturated carbocycles. The lowest BCUT2D eigenvalue weighted by Gasteiger charge is -2.29. The van der Waals surface area contributed by atoms with Crippen LogP contribution in [-0.4, -0.2) is 48.0 Å². The number of thiocarbonyl (C=S) groups is 1. The number of halogens is 1. The Balaban J connectivity index is 0.000000806. The van der Waals surface area contributed by atoms with Gasteiger partial charge in [0.05, 0.1) is 17.7 Å². The van der Waals surface area contributed by atoms with E-state index in [0.29, 0.717) is 24.7 Å². The molecule has 2 N–H and O–H groups in total. The Morgan fingerprint density at radius 3 is 2.23 bits per heavy atom. The standard InChI is InChI=1S/C20H22ClN3O2S.CH3NS/c21-18-11-9-17(10-12-18)20-19(16-7-3-1-4-8-16)15-24(22-20)27(25,26)23-13-5-2-6-14-23;2-1-3/h1,3-4,7-12,19H,2,5-6,13-15H2;1H,(H2,2,3). The molecule has 0 radical (unpaired) electrons. The van der Waals surface area contributed by atoms with Gasteiger partial charge in [0.25, 0.3) is 0 Å². The highest BCUT2D eigenvalue weighted by atomic mass is 35.5. The van der Waals surface area contributed by atoms with Crippen molar-refractivity contribution in [3.8, 4) is 0 Å². The minimum atomic E-state index is -3.60. The first-order chi connectivity index (χ1) is 14.5. The van der Waals surface area contributed by atoms with Crippen molar-refractivity contribution in [2.75, 3.05) is 19.6 Å². The third-order valence-electron chi connectivity index (χ3n) is 5.14. The average Bonchev–Trinajstić information content (AvgIpc) is 3.22. The molecule has 0 amide bonds. The summed E-state index contributed by atoms with van der Waals surface area (Å²) in [5.74, 6) is -0.105. The Hall–Kier alpha value is -2.00. The summed E-state index contributed by atoms with van der Waals surface area (Å²) >= 11 is 10.1. The second kappa shape index (κ2) is 10.3. The molecule has 30 heavy (non-hydrogen) atoms. The molecule has 1 saturated heterocycles. The van der Waals surface area contributed by atoms with Crippen LogP contribution in [-0.2, 0) is 10.2 Å². The monoisotopic (exact) mass is 464 g/mol. The summed E-state index contributed by atoms with van der Waals surface area (Å²) in [6, 6.07) is 17.3. The molecule has 9 heteroatoms. The second-order valence-electron chi connectivity index (χ2n) is 7.06. The summed E-state index contributed by atoms with van der Waals surface area (Å²) in [4.78, 5) is 0. The number of benzene rings is 2. The van der Waals surface area contributed by atoms with Crippen LogP contribution >= 0.6 is 23.8 Å². The van der Waals surface area contributed by atoms with Gasteiger partial charge in [0.15, 0.2) is 0 Å². The van der Waals surface area contributed by atoms with Crippen LogP contribution in [0, 0.1) is 0 Å². The SMILES string of the molecule is NC=S.O=S(=O)(N1CCCCC1)N1CC(c2ccccc2)C(c2ccc(Cl)cc2)=N1. The molecule has 0 aliphatic carbocycles. The zero-order valence-corrected chi connectivity index (χ0v) is 18.9. The molecule has 6 nitrogen and oxygen atoms in total. The molecule has 2 aromatic rings. The molecule has 1 fully saturated rings. The number of hydrazone groups is 1. The van der Waals surface area contributed by atoms with Crippen molar-refractivity contribution in [3.63, 3.8) is 0 Å². The van der Waals surface area contributed by atoms with Crippen LogP contribution in [0.25, 0.3) is 0 Å². The van der Waals surface area contributed by atoms with E-state index in [0.717, 1.165) is 41.6 Å². The van der Waals surface area contributed by atoms with Crippen molar-refractivity contribution in [1.29, 1.82) is 0 Å². The average molecular weight is 465 g/mol. The Morgan fingerprint density at radius 1 is 1.03 bits per heavy atom. The third-order valence-corrected chi connectivity index (χ3v) is 7.17. The van der Waals surface area contributed by atoms with Gasteiger partial charge >= 0.3 is 10.2 Å². The third kappa shape index (κ3) is 5.18. The van der Waals surface area contributed by atoms with Gasteiger partial charge in [-0.3, -0.25) is 0 Å². The molecule has 2 aromatic carbocycles. The summed E-state index contributed by atoms with van der Waals surface area (Å²) in [6.45, 7) is 1.46. The van der Waals surface area contributed by atoms with Crippen LogP contribution in [0.4, 0.5) is 0 Å². The summed E-state index contributed by atoms with van der Waals surface area (Å²) < 4.78 is 29.1. The number of hydrogen-bond donors (Lipinski definition) is 1. The fraction of sp³-hybridized carbons (Fsp3) is 0.333. The van der Waals surface area contributed by atoms with E-state index in [2.05, 4.69) is 23.1 Å². The highest BCUT2D eigenvalue weighted by molar-refractivity contribution is 7.86. The summed E-state index contributed by atoms with van der Waals surface area (Å²) in [6.07, 6.45) is 2.89. The van der Waals surface area contributed by atoms with Crippen molar-refractivity contribution >= 4 is 45.2 Å². The lowest BCUT2D eigenvalue weighted by atomic mass is 9.91. The van der Waals surface area contributed by atoms with E-state index < -0.39 is 10.2 Å². The lowest BCUT2D eigenvalue weighted by molar-refractivity contribution is 0.311. The van der Waals surface area contributed by atoms with Crippen molar-refractivity contribution in [1.82, 2.24) is 8.72 Å². The van der Waals surface area contributed by atoms with Crippen LogP contribution in [0.3, 0.4) is 0 Å². The number of hydrogen-bond acceptors (Lipinski definition) is 4. The van der Waals surface area contributed by atoms with Crippen molar-refractivity contribution in [3.05, 3.63) is 70.7 Å². The normalized spacial score (nSPS) is 19.6. The molecule has 2 heterocycles. The van der Waals surface area contributed by atoms with Gasteiger partial charge in [-0.2, -0.15) is 22.2 Å². The second-order valence-corrected chi connectivity index (χ2v) is 9.61. The van der Waals surface area contributed by atoms with Crippen LogP contribution in [0.1, 0.15) is 36.3 Å². The lowest BCUT2D eigenvalue weighted by Crippen LogP contribution is -2.43. The Bertz CT molecular complexity index is 976. The van der Waals surface area contributed by atoms with Crippen molar-refractivity contribution in [2.24, 2.45) is 10.8 Å². The zero-order chi connectivity index (χ0) is 21.6. The van der Waals surface area contributed by atoms with Crippen LogP contribution in [0.15, 0.2) is 59.7 Å². The number of rotatable bonds is 4. The minimum absolute atomic E-state index is 0.105. The molecular formula is C21H25ClN4O2S2. The van der Waals surface area contributed by atoms with Gasteiger partial charge in [0.2, 0.25) is 0 Å². The van der Waals surface area contributed by atoms with E-state index in [9.17, 15) is 8.42 Å². The largest absolute Gasteiger partial charge is 0.396 e. The highest BCUT2D eigenvalue weighted by Crippen LogP contribution is 2.32. The van der Waals surface area contributed by atoms with Crippen LogP contribution < -0.4 is 5.73 Å². The maximum absolute atomic E-state index is 13.1. The Morgan fingerprint density at radius 2 is 1.63 bits per heavy atom. The van der Waals surface area contributed by atoms with Gasteiger partial charge in [-0.05, 0) is 36.1 Å². The smallest absolute Gasteiger partial charge is 0.318 e. The first kappa shape index (κ1) is 22.7. The minimum Gasteiger partial charge on any atom is -0.396 e. The van der Waals surface area contributed by atoms with E-state index in [1.807, 2.05) is 54.6 Å². The predicted octanol–water partition coefficient (Wildman–Crippen LogP) is 3.78. The molecule has 2 aliphatic rings. The van der Waals surface area contributed by atoms with Gasteiger partial charge < -0.3 is 5.73 Å². The molecule has 160 valence electrons. The van der Waals surface area contributed by atoms with Gasteiger partial charge in [0.1, 0.15) is 0 Å². The first-order valence-electron chi connectivity index (χ1n) is 9.80. The molecule has 0 bridgehead atoms. The van der Waals surface area contributed by atoms with Crippen molar-refractivity contribution in [2.45, 2.75) is 25.2 Å². The topological polar surface area (TPSA) is 79.0 Å². The first-order valence-corrected chi connectivity index (χ1v) is 12.0. The Labute approximate surface area is 188 Å².